The first-order valence-corrected chi connectivity index (χ1v) is 3.45. The summed E-state index contributed by atoms with van der Waals surface area (Å²) in [5.41, 5.74) is 0. The van der Waals surface area contributed by atoms with Crippen molar-refractivity contribution in [3.63, 3.8) is 0 Å². The number of carbonyl (C=O) groups excluding carboxylic acids is 2. The normalized spacial score (nSPS) is 12.3. The molecule has 0 saturated carbocycles. The zero-order valence-corrected chi connectivity index (χ0v) is 7.14. The molecule has 64 valence electrons. The number of ether oxygens (including phenoxy) is 1. The van der Waals surface area contributed by atoms with Gasteiger partial charge >= 0.3 is 5.97 Å². The van der Waals surface area contributed by atoms with Gasteiger partial charge in [-0.15, -0.1) is 0 Å². The maximum atomic E-state index is 10.9. The molecule has 11 heavy (non-hydrogen) atoms. The summed E-state index contributed by atoms with van der Waals surface area (Å²) in [6.07, 6.45) is -0.239. The van der Waals surface area contributed by atoms with Gasteiger partial charge in [0.2, 0.25) is 0 Å². The molecule has 0 aliphatic rings. The number of carbonyl (C=O) groups is 2. The van der Waals surface area contributed by atoms with Crippen molar-refractivity contribution in [1.29, 1.82) is 0 Å². The van der Waals surface area contributed by atoms with Crippen LogP contribution in [0.25, 0.3) is 0 Å². The molecule has 0 aliphatic carbocycles. The number of ketones is 1. The molecule has 0 aromatic heterocycles. The first-order chi connectivity index (χ1) is 5.11. The minimum absolute atomic E-state index is 0.239. The Morgan fingerprint density at radius 2 is 2.18 bits per heavy atom. The Hall–Kier alpha value is -0.610. The van der Waals surface area contributed by atoms with E-state index in [-0.39, 0.29) is 12.2 Å². The van der Waals surface area contributed by atoms with Gasteiger partial charge in [0, 0.05) is 0 Å². The highest BCUT2D eigenvalue weighted by Crippen LogP contribution is 1.93. The van der Waals surface area contributed by atoms with Crippen LogP contribution in [-0.2, 0) is 14.3 Å². The number of rotatable bonds is 4. The lowest BCUT2D eigenvalue weighted by molar-refractivity contribution is -0.143. The highest BCUT2D eigenvalue weighted by atomic mass is 35.5. The number of Topliss-reactive ketones (excluding diaryl/α,β-unsaturated/α-hetero) is 1. The Morgan fingerprint density at radius 3 is 2.55 bits per heavy atom. The van der Waals surface area contributed by atoms with Crippen LogP contribution in [0.3, 0.4) is 0 Å². The third-order valence-corrected chi connectivity index (χ3v) is 1.52. The summed E-state index contributed by atoms with van der Waals surface area (Å²) in [5.74, 6) is -0.833. The third kappa shape index (κ3) is 3.95. The summed E-state index contributed by atoms with van der Waals surface area (Å²) < 4.78 is 4.28. The minimum atomic E-state index is -0.547. The summed E-state index contributed by atoms with van der Waals surface area (Å²) in [4.78, 5) is 23.6. The van der Waals surface area contributed by atoms with Crippen LogP contribution < -0.4 is 4.84 Å². The van der Waals surface area contributed by atoms with Crippen molar-refractivity contribution in [1.82, 2.24) is 4.84 Å². The number of nitrogens with one attached hydrogen (secondary N) is 1. The monoisotopic (exact) mass is 179 g/mol. The molecule has 1 atom stereocenters. The highest BCUT2D eigenvalue weighted by Gasteiger charge is 2.15. The molecular weight excluding hydrogens is 170 g/mol. The number of halogens is 1. The molecular formula is C6H10ClNO3. The maximum Gasteiger partial charge on any atom is 0.313 e. The molecule has 0 unspecified atom stereocenters. The Kier molecular flexibility index (Phi) is 4.81. The third-order valence-electron chi connectivity index (χ3n) is 1.19. The maximum absolute atomic E-state index is 10.9. The van der Waals surface area contributed by atoms with Crippen LogP contribution in [0.2, 0.25) is 0 Å². The van der Waals surface area contributed by atoms with Crippen LogP contribution in [0.1, 0.15) is 13.3 Å². The fourth-order valence-electron chi connectivity index (χ4n) is 0.428. The molecule has 4 nitrogen and oxygen atoms in total. The molecule has 0 saturated heterocycles. The molecule has 0 aromatic carbocycles. The van der Waals surface area contributed by atoms with E-state index in [2.05, 4.69) is 9.57 Å². The van der Waals surface area contributed by atoms with Crippen molar-refractivity contribution in [2.24, 2.45) is 0 Å². The van der Waals surface area contributed by atoms with Gasteiger partial charge in [-0.2, -0.15) is 0 Å². The van der Waals surface area contributed by atoms with Crippen LogP contribution >= 0.6 is 11.8 Å². The summed E-state index contributed by atoms with van der Waals surface area (Å²) in [5, 5.41) is 0. The topological polar surface area (TPSA) is 55.4 Å². The van der Waals surface area contributed by atoms with Crippen molar-refractivity contribution in [3.05, 3.63) is 0 Å². The molecule has 5 heteroatoms. The van der Waals surface area contributed by atoms with Gasteiger partial charge < -0.3 is 4.74 Å². The second kappa shape index (κ2) is 5.09. The smallest absolute Gasteiger partial charge is 0.313 e. The number of hydrogen-bond donors (Lipinski definition) is 1. The second-order valence-electron chi connectivity index (χ2n) is 2.05. The molecule has 0 aliphatic heterocycles. The molecule has 0 aromatic rings. The van der Waals surface area contributed by atoms with Gasteiger partial charge in [-0.05, 0) is 18.7 Å². The molecule has 1 N–H and O–H groups in total. The lowest BCUT2D eigenvalue weighted by Gasteiger charge is -2.04. The van der Waals surface area contributed by atoms with E-state index in [1.165, 1.54) is 7.11 Å². The molecule has 0 heterocycles. The van der Waals surface area contributed by atoms with Crippen LogP contribution in [0.4, 0.5) is 0 Å². The van der Waals surface area contributed by atoms with Gasteiger partial charge in [0.25, 0.3) is 0 Å². The van der Waals surface area contributed by atoms with E-state index in [9.17, 15) is 9.59 Å². The fraction of sp³-hybridized carbons (Fsp3) is 0.667. The van der Waals surface area contributed by atoms with E-state index >= 15 is 0 Å². The molecule has 0 amide bonds. The van der Waals surface area contributed by atoms with E-state index in [4.69, 9.17) is 11.8 Å². The molecule has 0 fully saturated rings. The predicted octanol–water partition coefficient (Wildman–Crippen LogP) is 0.250. The van der Waals surface area contributed by atoms with E-state index in [1.807, 2.05) is 0 Å². The number of esters is 1. The molecule has 0 spiro atoms. The SMILES string of the molecule is COC(=O)CC(=O)[C@H](C)NCl. The van der Waals surface area contributed by atoms with Gasteiger partial charge in [0.1, 0.15) is 6.42 Å². The largest absolute Gasteiger partial charge is 0.469 e. The highest BCUT2D eigenvalue weighted by molar-refractivity contribution is 6.15. The number of hydrogen-bond acceptors (Lipinski definition) is 4. The average Bonchev–Trinajstić information content (AvgIpc) is 2.02. The average molecular weight is 180 g/mol. The Balaban J connectivity index is 3.77. The molecule has 0 bridgehead atoms. The predicted molar refractivity (Wildman–Crippen MR) is 40.1 cm³/mol. The first kappa shape index (κ1) is 10.4. The van der Waals surface area contributed by atoms with Gasteiger partial charge in [-0.25, -0.2) is 4.84 Å². The zero-order valence-electron chi connectivity index (χ0n) is 6.39. The van der Waals surface area contributed by atoms with Crippen LogP contribution in [0.15, 0.2) is 0 Å². The first-order valence-electron chi connectivity index (χ1n) is 3.07. The number of methoxy groups -OCH3 is 1. The second-order valence-corrected chi connectivity index (χ2v) is 2.27. The Bertz CT molecular complexity index is 160. The van der Waals surface area contributed by atoms with Gasteiger partial charge in [-0.1, -0.05) is 0 Å². The summed E-state index contributed by atoms with van der Waals surface area (Å²) in [6.45, 7) is 1.57. The van der Waals surface area contributed by atoms with Gasteiger partial charge in [-0.3, -0.25) is 9.59 Å². The van der Waals surface area contributed by atoms with E-state index in [0.29, 0.717) is 0 Å². The summed E-state index contributed by atoms with van der Waals surface area (Å²) in [6, 6.07) is -0.518. The summed E-state index contributed by atoms with van der Waals surface area (Å²) >= 11 is 5.15. The van der Waals surface area contributed by atoms with Crippen molar-refractivity contribution in [2.75, 3.05) is 7.11 Å². The zero-order chi connectivity index (χ0) is 8.85. The Morgan fingerprint density at radius 1 is 1.64 bits per heavy atom. The van der Waals surface area contributed by atoms with E-state index in [1.54, 1.807) is 6.92 Å². The lowest BCUT2D eigenvalue weighted by atomic mass is 10.2. The Labute approximate surface area is 70.0 Å². The molecule has 0 rings (SSSR count). The quantitative estimate of drug-likeness (QED) is 0.382. The van der Waals surface area contributed by atoms with Crippen LogP contribution in [0.5, 0.6) is 0 Å². The van der Waals surface area contributed by atoms with Crippen molar-refractivity contribution in [2.45, 2.75) is 19.4 Å². The van der Waals surface area contributed by atoms with Crippen molar-refractivity contribution >= 4 is 23.5 Å². The lowest BCUT2D eigenvalue weighted by Crippen LogP contribution is -2.29. The van der Waals surface area contributed by atoms with Crippen LogP contribution in [0, 0.1) is 0 Å². The van der Waals surface area contributed by atoms with Gasteiger partial charge in [0.05, 0.1) is 13.2 Å². The van der Waals surface area contributed by atoms with Crippen molar-refractivity contribution < 1.29 is 14.3 Å². The standard InChI is InChI=1S/C6H10ClNO3/c1-4(8-7)5(9)3-6(10)11-2/h4,8H,3H2,1-2H3/t4-/m0/s1. The summed E-state index contributed by atoms with van der Waals surface area (Å²) in [7, 11) is 1.23. The minimum Gasteiger partial charge on any atom is -0.469 e. The fourth-order valence-corrected chi connectivity index (χ4v) is 0.550. The van der Waals surface area contributed by atoms with E-state index in [0.717, 1.165) is 0 Å². The van der Waals surface area contributed by atoms with Crippen molar-refractivity contribution in [3.8, 4) is 0 Å². The van der Waals surface area contributed by atoms with E-state index < -0.39 is 12.0 Å². The van der Waals surface area contributed by atoms with Gasteiger partial charge in [0.15, 0.2) is 5.78 Å². The molecule has 0 radical (unpaired) electrons. The van der Waals surface area contributed by atoms with Crippen LogP contribution in [-0.4, -0.2) is 24.9 Å².